The van der Waals surface area contributed by atoms with Gasteiger partial charge in [-0.1, -0.05) is 65.3 Å². The van der Waals surface area contributed by atoms with Crippen molar-refractivity contribution < 1.29 is 4.79 Å². The van der Waals surface area contributed by atoms with Crippen LogP contribution in [0.4, 0.5) is 5.69 Å². The van der Waals surface area contributed by atoms with Gasteiger partial charge in [0.25, 0.3) is 5.56 Å². The number of anilines is 1. The lowest BCUT2D eigenvalue weighted by Gasteiger charge is -2.11. The number of nitrogens with zero attached hydrogens (tertiary/aromatic N) is 2. The molecule has 0 aliphatic carbocycles. The molecule has 0 bridgehead atoms. The minimum atomic E-state index is -0.610. The minimum Gasteiger partial charge on any atom is -0.323 e. The summed E-state index contributed by atoms with van der Waals surface area (Å²) < 4.78 is 0.969. The fourth-order valence-electron chi connectivity index (χ4n) is 2.16. The van der Waals surface area contributed by atoms with E-state index in [0.29, 0.717) is 5.69 Å². The summed E-state index contributed by atoms with van der Waals surface area (Å²) in [4.78, 5) is 26.3. The zero-order valence-electron chi connectivity index (χ0n) is 13.4. The molecule has 26 heavy (non-hydrogen) atoms. The summed E-state index contributed by atoms with van der Waals surface area (Å²) in [5, 5.41) is 6.53. The molecule has 132 valence electrons. The van der Waals surface area contributed by atoms with Gasteiger partial charge in [0.15, 0.2) is 0 Å². The van der Waals surface area contributed by atoms with Crippen LogP contribution in [-0.4, -0.2) is 15.7 Å². The number of rotatable bonds is 5. The maximum Gasteiger partial charge on any atom is 0.287 e. The molecule has 2 aromatic carbocycles. The molecule has 0 spiro atoms. The first kappa shape index (κ1) is 18.5. The summed E-state index contributed by atoms with van der Waals surface area (Å²) >= 11 is 13.1. The van der Waals surface area contributed by atoms with E-state index in [1.165, 1.54) is 18.0 Å². The number of carbonyl (C=O) groups excluding carboxylic acids is 1. The first-order valence-electron chi connectivity index (χ1n) is 7.57. The van der Waals surface area contributed by atoms with Gasteiger partial charge in [0.05, 0.1) is 16.9 Å². The van der Waals surface area contributed by atoms with Crippen LogP contribution in [0.15, 0.2) is 75.4 Å². The van der Waals surface area contributed by atoms with Crippen LogP contribution >= 0.6 is 35.0 Å². The Morgan fingerprint density at radius 2 is 1.77 bits per heavy atom. The largest absolute Gasteiger partial charge is 0.323 e. The molecule has 0 aliphatic rings. The van der Waals surface area contributed by atoms with Crippen LogP contribution < -0.4 is 10.9 Å². The number of hydrogen-bond acceptors (Lipinski definition) is 4. The third-order valence-electron chi connectivity index (χ3n) is 3.37. The van der Waals surface area contributed by atoms with Crippen LogP contribution in [0, 0.1) is 0 Å². The molecule has 0 atom stereocenters. The van der Waals surface area contributed by atoms with Crippen molar-refractivity contribution in [2.45, 2.75) is 16.3 Å². The van der Waals surface area contributed by atoms with Crippen molar-refractivity contribution in [2.75, 3.05) is 5.32 Å². The number of halogens is 2. The standard InChI is InChI=1S/C18H13Cl2N3O2S/c19-13-10-21-23(18(25)17(13)20)11-16(24)22-14-8-4-5-9-15(14)26-12-6-2-1-3-7-12/h1-10H,11H2,(H,22,24). The van der Waals surface area contributed by atoms with Crippen LogP contribution in [0.5, 0.6) is 0 Å². The van der Waals surface area contributed by atoms with Crippen LogP contribution in [0.2, 0.25) is 10.0 Å². The summed E-state index contributed by atoms with van der Waals surface area (Å²) in [6.45, 7) is -0.264. The van der Waals surface area contributed by atoms with Gasteiger partial charge in [-0.2, -0.15) is 5.10 Å². The van der Waals surface area contributed by atoms with E-state index in [4.69, 9.17) is 23.2 Å². The summed E-state index contributed by atoms with van der Waals surface area (Å²) in [7, 11) is 0. The second kappa shape index (κ2) is 8.40. The monoisotopic (exact) mass is 405 g/mol. The molecule has 0 radical (unpaired) electrons. The topological polar surface area (TPSA) is 64.0 Å². The van der Waals surface area contributed by atoms with E-state index < -0.39 is 5.56 Å². The summed E-state index contributed by atoms with van der Waals surface area (Å²) in [5.74, 6) is -0.390. The summed E-state index contributed by atoms with van der Waals surface area (Å²) in [6.07, 6.45) is 1.23. The Hall–Kier alpha value is -2.28. The van der Waals surface area contributed by atoms with E-state index in [1.54, 1.807) is 6.07 Å². The van der Waals surface area contributed by atoms with Crippen molar-refractivity contribution in [1.82, 2.24) is 9.78 Å². The molecule has 1 aromatic heterocycles. The van der Waals surface area contributed by atoms with E-state index in [-0.39, 0.29) is 22.5 Å². The van der Waals surface area contributed by atoms with Gasteiger partial charge in [0.2, 0.25) is 5.91 Å². The lowest BCUT2D eigenvalue weighted by molar-refractivity contribution is -0.117. The number of hydrogen-bond donors (Lipinski definition) is 1. The number of aromatic nitrogens is 2. The van der Waals surface area contributed by atoms with Crippen molar-refractivity contribution in [3.05, 3.63) is 81.2 Å². The normalized spacial score (nSPS) is 10.5. The molecule has 1 N–H and O–H groups in total. The first-order chi connectivity index (χ1) is 12.5. The highest BCUT2D eigenvalue weighted by molar-refractivity contribution is 7.99. The average molecular weight is 406 g/mol. The number of benzene rings is 2. The van der Waals surface area contributed by atoms with Gasteiger partial charge in [-0.15, -0.1) is 0 Å². The van der Waals surface area contributed by atoms with Gasteiger partial charge >= 0.3 is 0 Å². The highest BCUT2D eigenvalue weighted by Gasteiger charge is 2.12. The molecule has 0 unspecified atom stereocenters. The molecule has 1 amide bonds. The van der Waals surface area contributed by atoms with Gasteiger partial charge in [-0.05, 0) is 24.3 Å². The molecule has 0 fully saturated rings. The van der Waals surface area contributed by atoms with Crippen molar-refractivity contribution in [1.29, 1.82) is 0 Å². The van der Waals surface area contributed by atoms with E-state index in [0.717, 1.165) is 14.5 Å². The maximum atomic E-state index is 12.3. The van der Waals surface area contributed by atoms with Crippen molar-refractivity contribution in [2.24, 2.45) is 0 Å². The van der Waals surface area contributed by atoms with E-state index in [1.807, 2.05) is 48.5 Å². The lowest BCUT2D eigenvalue weighted by Crippen LogP contribution is -2.29. The molecule has 0 saturated carbocycles. The minimum absolute atomic E-state index is 0.0536. The van der Waals surface area contributed by atoms with E-state index >= 15 is 0 Å². The number of amides is 1. The Kier molecular flexibility index (Phi) is 5.98. The molecule has 3 rings (SSSR count). The predicted molar refractivity (Wildman–Crippen MR) is 104 cm³/mol. The van der Waals surface area contributed by atoms with Crippen LogP contribution in [0.3, 0.4) is 0 Å². The summed E-state index contributed by atoms with van der Waals surface area (Å²) in [6, 6.07) is 17.3. The second-order valence-corrected chi connectivity index (χ2v) is 7.13. The highest BCUT2D eigenvalue weighted by atomic mass is 35.5. The lowest BCUT2D eigenvalue weighted by atomic mass is 10.3. The van der Waals surface area contributed by atoms with Gasteiger partial charge in [0, 0.05) is 9.79 Å². The number of nitrogens with one attached hydrogen (secondary N) is 1. The van der Waals surface area contributed by atoms with Crippen molar-refractivity contribution in [3.8, 4) is 0 Å². The SMILES string of the molecule is O=C(Cn1ncc(Cl)c(Cl)c1=O)Nc1ccccc1Sc1ccccc1. The molecule has 8 heteroatoms. The first-order valence-corrected chi connectivity index (χ1v) is 9.15. The fourth-order valence-corrected chi connectivity index (χ4v) is 3.35. The molecule has 1 heterocycles. The van der Waals surface area contributed by atoms with Gasteiger partial charge in [-0.3, -0.25) is 9.59 Å². The predicted octanol–water partition coefficient (Wildman–Crippen LogP) is 4.34. The Morgan fingerprint density at radius 1 is 1.08 bits per heavy atom. The van der Waals surface area contributed by atoms with E-state index in [2.05, 4.69) is 10.4 Å². The zero-order chi connectivity index (χ0) is 18.5. The number of para-hydroxylation sites is 1. The smallest absolute Gasteiger partial charge is 0.287 e. The van der Waals surface area contributed by atoms with E-state index in [9.17, 15) is 9.59 Å². The average Bonchev–Trinajstić information content (AvgIpc) is 2.65. The van der Waals surface area contributed by atoms with Crippen molar-refractivity contribution in [3.63, 3.8) is 0 Å². The van der Waals surface area contributed by atoms with Gasteiger partial charge in [0.1, 0.15) is 11.6 Å². The van der Waals surface area contributed by atoms with Crippen LogP contribution in [-0.2, 0) is 11.3 Å². The fraction of sp³-hybridized carbons (Fsp3) is 0.0556. The quantitative estimate of drug-likeness (QED) is 0.685. The van der Waals surface area contributed by atoms with Crippen molar-refractivity contribution >= 4 is 46.6 Å². The molecule has 5 nitrogen and oxygen atoms in total. The molecular formula is C18H13Cl2N3O2S. The molecule has 0 aliphatic heterocycles. The van der Waals surface area contributed by atoms with Crippen LogP contribution in [0.25, 0.3) is 0 Å². The molecular weight excluding hydrogens is 393 g/mol. The molecule has 3 aromatic rings. The maximum absolute atomic E-state index is 12.3. The van der Waals surface area contributed by atoms with Crippen LogP contribution in [0.1, 0.15) is 0 Å². The van der Waals surface area contributed by atoms with Gasteiger partial charge in [-0.25, -0.2) is 4.68 Å². The number of carbonyl (C=O) groups is 1. The zero-order valence-corrected chi connectivity index (χ0v) is 15.7. The second-order valence-electron chi connectivity index (χ2n) is 5.23. The van der Waals surface area contributed by atoms with Gasteiger partial charge < -0.3 is 5.32 Å². The molecule has 0 saturated heterocycles. The third-order valence-corrected chi connectivity index (χ3v) is 5.20. The highest BCUT2D eigenvalue weighted by Crippen LogP contribution is 2.33. The Bertz CT molecular complexity index is 993. The summed E-state index contributed by atoms with van der Waals surface area (Å²) in [5.41, 5.74) is 0.0423. The Balaban J connectivity index is 1.76. The Labute approximate surface area is 163 Å². The Morgan fingerprint density at radius 3 is 2.54 bits per heavy atom. The third kappa shape index (κ3) is 4.46.